The SMILES string of the molecule is Cc1sc(-c2cccnc2)nc1C(=O)NCC(=O)O. The highest BCUT2D eigenvalue weighted by atomic mass is 32.1. The zero-order valence-corrected chi connectivity index (χ0v) is 10.9. The molecule has 0 aliphatic rings. The molecule has 0 bridgehead atoms. The topological polar surface area (TPSA) is 92.2 Å². The van der Waals surface area contributed by atoms with Crippen LogP contribution in [-0.2, 0) is 4.79 Å². The third-order valence-electron chi connectivity index (χ3n) is 2.32. The lowest BCUT2D eigenvalue weighted by atomic mass is 10.3. The van der Waals surface area contributed by atoms with Gasteiger partial charge in [-0.2, -0.15) is 0 Å². The van der Waals surface area contributed by atoms with Crippen molar-refractivity contribution in [1.82, 2.24) is 15.3 Å². The van der Waals surface area contributed by atoms with Crippen molar-refractivity contribution in [2.24, 2.45) is 0 Å². The molecule has 0 aliphatic carbocycles. The quantitative estimate of drug-likeness (QED) is 0.879. The average molecular weight is 277 g/mol. The number of carboxylic acid groups (broad SMARTS) is 1. The molecule has 0 spiro atoms. The second-order valence-corrected chi connectivity index (χ2v) is 4.95. The van der Waals surface area contributed by atoms with E-state index < -0.39 is 18.4 Å². The number of aromatic nitrogens is 2. The molecule has 6 nitrogen and oxygen atoms in total. The number of carbonyl (C=O) groups is 2. The summed E-state index contributed by atoms with van der Waals surface area (Å²) in [7, 11) is 0. The molecule has 2 heterocycles. The fourth-order valence-electron chi connectivity index (χ4n) is 1.46. The van der Waals surface area contributed by atoms with Gasteiger partial charge in [0.1, 0.15) is 17.2 Å². The summed E-state index contributed by atoms with van der Waals surface area (Å²) in [5.74, 6) is -1.57. The molecule has 2 aromatic heterocycles. The Labute approximate surface area is 113 Å². The highest BCUT2D eigenvalue weighted by molar-refractivity contribution is 7.15. The van der Waals surface area contributed by atoms with Gasteiger partial charge in [0.2, 0.25) is 0 Å². The van der Waals surface area contributed by atoms with E-state index in [1.807, 2.05) is 6.07 Å². The number of hydrogen-bond acceptors (Lipinski definition) is 5. The van der Waals surface area contributed by atoms with Gasteiger partial charge >= 0.3 is 5.97 Å². The number of hydrogen-bond donors (Lipinski definition) is 2. The molecule has 0 aromatic carbocycles. The number of amides is 1. The molecule has 7 heteroatoms. The Morgan fingerprint density at radius 3 is 2.89 bits per heavy atom. The fourth-order valence-corrected chi connectivity index (χ4v) is 2.36. The van der Waals surface area contributed by atoms with Crippen molar-refractivity contribution >= 4 is 23.2 Å². The first-order chi connectivity index (χ1) is 9.08. The lowest BCUT2D eigenvalue weighted by molar-refractivity contribution is -0.135. The molecule has 2 rings (SSSR count). The van der Waals surface area contributed by atoms with Crippen LogP contribution in [0.3, 0.4) is 0 Å². The Bertz CT molecular complexity index is 610. The van der Waals surface area contributed by atoms with Crippen LogP contribution in [0.4, 0.5) is 0 Å². The van der Waals surface area contributed by atoms with Gasteiger partial charge in [0.25, 0.3) is 5.91 Å². The lowest BCUT2D eigenvalue weighted by Gasteiger charge is -1.99. The molecule has 0 radical (unpaired) electrons. The number of carbonyl (C=O) groups excluding carboxylic acids is 1. The van der Waals surface area contributed by atoms with Gasteiger partial charge < -0.3 is 10.4 Å². The highest BCUT2D eigenvalue weighted by Gasteiger charge is 2.16. The van der Waals surface area contributed by atoms with Gasteiger partial charge in [0, 0.05) is 22.8 Å². The van der Waals surface area contributed by atoms with Gasteiger partial charge in [-0.05, 0) is 19.1 Å². The number of nitrogens with one attached hydrogen (secondary N) is 1. The van der Waals surface area contributed by atoms with Crippen molar-refractivity contribution in [3.63, 3.8) is 0 Å². The average Bonchev–Trinajstić information content (AvgIpc) is 2.79. The summed E-state index contributed by atoms with van der Waals surface area (Å²) in [5.41, 5.74) is 1.08. The molecule has 0 unspecified atom stereocenters. The molecule has 0 atom stereocenters. The molecule has 2 aromatic rings. The fraction of sp³-hybridized carbons (Fsp3) is 0.167. The molecular weight excluding hydrogens is 266 g/mol. The van der Waals surface area contributed by atoms with Crippen molar-refractivity contribution in [3.8, 4) is 10.6 Å². The van der Waals surface area contributed by atoms with E-state index in [1.165, 1.54) is 11.3 Å². The second-order valence-electron chi connectivity index (χ2n) is 3.74. The summed E-state index contributed by atoms with van der Waals surface area (Å²) in [6, 6.07) is 3.64. The van der Waals surface area contributed by atoms with E-state index in [0.29, 0.717) is 5.01 Å². The standard InChI is InChI=1S/C12H11N3O3S/c1-7-10(11(18)14-6-9(16)17)15-12(19-7)8-3-2-4-13-5-8/h2-5H,6H2,1H3,(H,14,18)(H,16,17). The summed E-state index contributed by atoms with van der Waals surface area (Å²) in [5, 5.41) is 11.5. The van der Waals surface area contributed by atoms with Crippen LogP contribution in [0.2, 0.25) is 0 Å². The number of aryl methyl sites for hydroxylation is 1. The minimum Gasteiger partial charge on any atom is -0.480 e. The first-order valence-electron chi connectivity index (χ1n) is 5.45. The molecule has 0 saturated carbocycles. The largest absolute Gasteiger partial charge is 0.480 e. The Kier molecular flexibility index (Phi) is 3.86. The van der Waals surface area contributed by atoms with Crippen LogP contribution in [0.5, 0.6) is 0 Å². The van der Waals surface area contributed by atoms with Crippen molar-refractivity contribution in [1.29, 1.82) is 0 Å². The maximum atomic E-state index is 11.8. The number of pyridine rings is 1. The Morgan fingerprint density at radius 1 is 1.47 bits per heavy atom. The summed E-state index contributed by atoms with van der Waals surface area (Å²) >= 11 is 1.37. The minimum atomic E-state index is -1.09. The number of carboxylic acids is 1. The molecular formula is C12H11N3O3S. The van der Waals surface area contributed by atoms with Crippen LogP contribution in [0.25, 0.3) is 10.6 Å². The maximum Gasteiger partial charge on any atom is 0.322 e. The van der Waals surface area contributed by atoms with Crippen LogP contribution in [0, 0.1) is 6.92 Å². The third kappa shape index (κ3) is 3.14. The van der Waals surface area contributed by atoms with Crippen molar-refractivity contribution < 1.29 is 14.7 Å². The molecule has 0 aliphatic heterocycles. The molecule has 1 amide bonds. The molecule has 19 heavy (non-hydrogen) atoms. The van der Waals surface area contributed by atoms with Gasteiger partial charge in [-0.1, -0.05) is 0 Å². The predicted molar refractivity (Wildman–Crippen MR) is 70.1 cm³/mol. The first-order valence-corrected chi connectivity index (χ1v) is 6.27. The van der Waals surface area contributed by atoms with Gasteiger partial charge in [-0.15, -0.1) is 11.3 Å². The highest BCUT2D eigenvalue weighted by Crippen LogP contribution is 2.26. The van der Waals surface area contributed by atoms with Crippen LogP contribution in [0.1, 0.15) is 15.4 Å². The summed E-state index contributed by atoms with van der Waals surface area (Å²) in [6.07, 6.45) is 3.32. The smallest absolute Gasteiger partial charge is 0.322 e. The Morgan fingerprint density at radius 2 is 2.26 bits per heavy atom. The van der Waals surface area contributed by atoms with E-state index in [4.69, 9.17) is 5.11 Å². The predicted octanol–water partition coefficient (Wildman–Crippen LogP) is 1.33. The van der Waals surface area contributed by atoms with Crippen LogP contribution >= 0.6 is 11.3 Å². The first kappa shape index (κ1) is 13.2. The molecule has 2 N–H and O–H groups in total. The van der Waals surface area contributed by atoms with E-state index in [9.17, 15) is 9.59 Å². The van der Waals surface area contributed by atoms with E-state index in [-0.39, 0.29) is 5.69 Å². The van der Waals surface area contributed by atoms with Gasteiger partial charge in [-0.3, -0.25) is 14.6 Å². The minimum absolute atomic E-state index is 0.255. The monoisotopic (exact) mass is 277 g/mol. The van der Waals surface area contributed by atoms with E-state index in [1.54, 1.807) is 25.4 Å². The normalized spacial score (nSPS) is 10.2. The number of nitrogens with zero attached hydrogens (tertiary/aromatic N) is 2. The van der Waals surface area contributed by atoms with Crippen molar-refractivity contribution in [2.45, 2.75) is 6.92 Å². The molecule has 0 saturated heterocycles. The Hall–Kier alpha value is -2.28. The Balaban J connectivity index is 2.22. The third-order valence-corrected chi connectivity index (χ3v) is 3.34. The zero-order chi connectivity index (χ0) is 13.8. The van der Waals surface area contributed by atoms with Crippen LogP contribution < -0.4 is 5.32 Å². The van der Waals surface area contributed by atoms with E-state index in [0.717, 1.165) is 10.4 Å². The number of aliphatic carboxylic acids is 1. The zero-order valence-electron chi connectivity index (χ0n) is 10.1. The van der Waals surface area contributed by atoms with Crippen molar-refractivity contribution in [2.75, 3.05) is 6.54 Å². The van der Waals surface area contributed by atoms with Crippen molar-refractivity contribution in [3.05, 3.63) is 35.1 Å². The number of thiazole rings is 1. The summed E-state index contributed by atoms with van der Waals surface area (Å²) in [6.45, 7) is 1.35. The second kappa shape index (κ2) is 5.57. The van der Waals surface area contributed by atoms with Gasteiger partial charge in [0.15, 0.2) is 0 Å². The van der Waals surface area contributed by atoms with Crippen LogP contribution in [-0.4, -0.2) is 33.5 Å². The summed E-state index contributed by atoms with van der Waals surface area (Å²) < 4.78 is 0. The summed E-state index contributed by atoms with van der Waals surface area (Å²) in [4.78, 5) is 31.1. The molecule has 98 valence electrons. The van der Waals surface area contributed by atoms with Crippen LogP contribution in [0.15, 0.2) is 24.5 Å². The van der Waals surface area contributed by atoms with Gasteiger partial charge in [-0.25, -0.2) is 4.98 Å². The van der Waals surface area contributed by atoms with E-state index >= 15 is 0 Å². The number of rotatable bonds is 4. The molecule has 0 fully saturated rings. The lowest BCUT2D eigenvalue weighted by Crippen LogP contribution is -2.29. The maximum absolute atomic E-state index is 11.8. The van der Waals surface area contributed by atoms with Gasteiger partial charge in [0.05, 0.1) is 0 Å². The van der Waals surface area contributed by atoms with E-state index in [2.05, 4.69) is 15.3 Å².